The fraction of sp³-hybridized carbons (Fsp3) is 0.385. The molecule has 0 aliphatic heterocycles. The molecule has 6 nitrogen and oxygen atoms in total. The summed E-state index contributed by atoms with van der Waals surface area (Å²) in [7, 11) is -3.28. The molecular formula is C13H18N2O4S. The molecular weight excluding hydrogens is 280 g/mol. The van der Waals surface area contributed by atoms with Gasteiger partial charge in [-0.05, 0) is 38.1 Å². The lowest BCUT2D eigenvalue weighted by Gasteiger charge is -2.13. The van der Waals surface area contributed by atoms with Crippen molar-refractivity contribution >= 4 is 21.7 Å². The van der Waals surface area contributed by atoms with Crippen LogP contribution >= 0.6 is 0 Å². The maximum atomic E-state index is 11.9. The number of benzene rings is 1. The zero-order chi connectivity index (χ0) is 15.3. The number of hydrogen-bond donors (Lipinski definition) is 2. The highest BCUT2D eigenvalue weighted by molar-refractivity contribution is 7.90. The lowest BCUT2D eigenvalue weighted by atomic mass is 10.2. The molecule has 0 aliphatic carbocycles. The highest BCUT2D eigenvalue weighted by Gasteiger charge is 2.16. The summed E-state index contributed by atoms with van der Waals surface area (Å²) in [6, 6.07) is 4.89. The molecule has 0 radical (unpaired) electrons. The number of amides is 2. The van der Waals surface area contributed by atoms with Gasteiger partial charge in [0.2, 0.25) is 5.91 Å². The van der Waals surface area contributed by atoms with Crippen molar-refractivity contribution in [1.82, 2.24) is 10.6 Å². The molecule has 110 valence electrons. The van der Waals surface area contributed by atoms with Crippen LogP contribution in [-0.4, -0.2) is 39.1 Å². The van der Waals surface area contributed by atoms with Crippen molar-refractivity contribution in [1.29, 1.82) is 0 Å². The van der Waals surface area contributed by atoms with Gasteiger partial charge in [0, 0.05) is 18.4 Å². The van der Waals surface area contributed by atoms with Gasteiger partial charge < -0.3 is 10.6 Å². The number of hydrogen-bond acceptors (Lipinski definition) is 4. The average molecular weight is 298 g/mol. The minimum absolute atomic E-state index is 0.144. The summed E-state index contributed by atoms with van der Waals surface area (Å²) in [4.78, 5) is 23.5. The van der Waals surface area contributed by atoms with Gasteiger partial charge in [-0.2, -0.15) is 0 Å². The summed E-state index contributed by atoms with van der Waals surface area (Å²) in [6.45, 7) is 3.85. The van der Waals surface area contributed by atoms with Gasteiger partial charge in [0.15, 0.2) is 9.84 Å². The van der Waals surface area contributed by atoms with E-state index in [1.165, 1.54) is 24.3 Å². The van der Waals surface area contributed by atoms with Crippen molar-refractivity contribution in [2.45, 2.75) is 24.8 Å². The summed E-state index contributed by atoms with van der Waals surface area (Å²) in [5.41, 5.74) is 0.300. The SMILES string of the molecule is CCNC(=O)[C@H](C)NC(=O)c1ccc(S(C)(=O)=O)cc1. The molecule has 0 spiro atoms. The lowest BCUT2D eigenvalue weighted by molar-refractivity contribution is -0.122. The molecule has 0 saturated carbocycles. The summed E-state index contributed by atoms with van der Waals surface area (Å²) < 4.78 is 22.6. The first-order chi connectivity index (χ1) is 9.25. The Bertz CT molecular complexity index is 593. The summed E-state index contributed by atoms with van der Waals surface area (Å²) in [5, 5.41) is 5.14. The van der Waals surface area contributed by atoms with Crippen LogP contribution in [0.4, 0.5) is 0 Å². The van der Waals surface area contributed by atoms with E-state index in [0.29, 0.717) is 12.1 Å². The molecule has 1 atom stereocenters. The second-order valence-corrected chi connectivity index (χ2v) is 6.40. The first-order valence-electron chi connectivity index (χ1n) is 6.14. The third kappa shape index (κ3) is 4.34. The van der Waals surface area contributed by atoms with Crippen LogP contribution in [0, 0.1) is 0 Å². The Kier molecular flexibility index (Phi) is 5.26. The highest BCUT2D eigenvalue weighted by Crippen LogP contribution is 2.10. The Morgan fingerprint density at radius 3 is 2.20 bits per heavy atom. The number of sulfone groups is 1. The van der Waals surface area contributed by atoms with E-state index in [0.717, 1.165) is 6.26 Å². The molecule has 7 heteroatoms. The normalized spacial score (nSPS) is 12.6. The second kappa shape index (κ2) is 6.51. The largest absolute Gasteiger partial charge is 0.355 e. The minimum Gasteiger partial charge on any atom is -0.355 e. The van der Waals surface area contributed by atoms with Gasteiger partial charge in [0.1, 0.15) is 6.04 Å². The molecule has 0 unspecified atom stereocenters. The van der Waals surface area contributed by atoms with E-state index in [4.69, 9.17) is 0 Å². The molecule has 2 N–H and O–H groups in total. The number of rotatable bonds is 5. The zero-order valence-corrected chi connectivity index (χ0v) is 12.5. The molecule has 0 aromatic heterocycles. The first-order valence-corrected chi connectivity index (χ1v) is 8.03. The van der Waals surface area contributed by atoms with Crippen molar-refractivity contribution in [2.75, 3.05) is 12.8 Å². The van der Waals surface area contributed by atoms with E-state index in [1.54, 1.807) is 13.8 Å². The monoisotopic (exact) mass is 298 g/mol. The smallest absolute Gasteiger partial charge is 0.251 e. The number of likely N-dealkylation sites (N-methyl/N-ethyl adjacent to an activating group) is 1. The molecule has 0 bridgehead atoms. The van der Waals surface area contributed by atoms with Gasteiger partial charge in [-0.25, -0.2) is 8.42 Å². The molecule has 1 rings (SSSR count). The van der Waals surface area contributed by atoms with Gasteiger partial charge in [-0.3, -0.25) is 9.59 Å². The van der Waals surface area contributed by atoms with Crippen molar-refractivity contribution < 1.29 is 18.0 Å². The maximum absolute atomic E-state index is 11.9. The standard InChI is InChI=1S/C13H18N2O4S/c1-4-14-12(16)9(2)15-13(17)10-5-7-11(8-6-10)20(3,18)19/h5-9H,4H2,1-3H3,(H,14,16)(H,15,17)/t9-/m0/s1. The third-order valence-corrected chi connectivity index (χ3v) is 3.77. The summed E-state index contributed by atoms with van der Waals surface area (Å²) in [5.74, 6) is -0.697. The van der Waals surface area contributed by atoms with Crippen LogP contribution in [0.1, 0.15) is 24.2 Å². The number of nitrogens with one attached hydrogen (secondary N) is 2. The van der Waals surface area contributed by atoms with Crippen LogP contribution < -0.4 is 10.6 Å². The van der Waals surface area contributed by atoms with Crippen LogP contribution in [0.2, 0.25) is 0 Å². The van der Waals surface area contributed by atoms with Crippen molar-refractivity contribution in [2.24, 2.45) is 0 Å². The van der Waals surface area contributed by atoms with Crippen molar-refractivity contribution in [3.05, 3.63) is 29.8 Å². The average Bonchev–Trinajstić information content (AvgIpc) is 2.38. The maximum Gasteiger partial charge on any atom is 0.251 e. The fourth-order valence-electron chi connectivity index (χ4n) is 1.53. The molecule has 1 aromatic carbocycles. The first kappa shape index (κ1) is 16.2. The van der Waals surface area contributed by atoms with Crippen LogP contribution in [-0.2, 0) is 14.6 Å². The minimum atomic E-state index is -3.28. The number of carbonyl (C=O) groups excluding carboxylic acids is 2. The van der Waals surface area contributed by atoms with Crippen LogP contribution in [0.3, 0.4) is 0 Å². The van der Waals surface area contributed by atoms with E-state index in [-0.39, 0.29) is 10.8 Å². The molecule has 0 aliphatic rings. The van der Waals surface area contributed by atoms with E-state index < -0.39 is 21.8 Å². The van der Waals surface area contributed by atoms with Crippen LogP contribution in [0.25, 0.3) is 0 Å². The third-order valence-electron chi connectivity index (χ3n) is 2.64. The topological polar surface area (TPSA) is 92.3 Å². The predicted octanol–water partition coefficient (Wildman–Crippen LogP) is 0.345. The van der Waals surface area contributed by atoms with E-state index in [2.05, 4.69) is 10.6 Å². The zero-order valence-electron chi connectivity index (χ0n) is 11.6. The van der Waals surface area contributed by atoms with E-state index in [1.807, 2.05) is 0 Å². The molecule has 1 aromatic rings. The van der Waals surface area contributed by atoms with E-state index >= 15 is 0 Å². The van der Waals surface area contributed by atoms with Crippen LogP contribution in [0.15, 0.2) is 29.2 Å². The highest BCUT2D eigenvalue weighted by atomic mass is 32.2. The van der Waals surface area contributed by atoms with Gasteiger partial charge in [0.25, 0.3) is 5.91 Å². The second-order valence-electron chi connectivity index (χ2n) is 4.39. The fourth-order valence-corrected chi connectivity index (χ4v) is 2.16. The van der Waals surface area contributed by atoms with Crippen molar-refractivity contribution in [3.8, 4) is 0 Å². The quantitative estimate of drug-likeness (QED) is 0.820. The lowest BCUT2D eigenvalue weighted by Crippen LogP contribution is -2.44. The summed E-state index contributed by atoms with van der Waals surface area (Å²) >= 11 is 0. The molecule has 0 saturated heterocycles. The van der Waals surface area contributed by atoms with Gasteiger partial charge >= 0.3 is 0 Å². The van der Waals surface area contributed by atoms with Crippen molar-refractivity contribution in [3.63, 3.8) is 0 Å². The Labute approximate surface area is 118 Å². The number of carbonyl (C=O) groups is 2. The summed E-state index contributed by atoms with van der Waals surface area (Å²) in [6.07, 6.45) is 1.10. The van der Waals surface area contributed by atoms with Crippen LogP contribution in [0.5, 0.6) is 0 Å². The molecule has 0 fully saturated rings. The van der Waals surface area contributed by atoms with Gasteiger partial charge in [-0.1, -0.05) is 0 Å². The van der Waals surface area contributed by atoms with E-state index in [9.17, 15) is 18.0 Å². The Morgan fingerprint density at radius 1 is 1.20 bits per heavy atom. The van der Waals surface area contributed by atoms with Gasteiger partial charge in [-0.15, -0.1) is 0 Å². The predicted molar refractivity (Wildman–Crippen MR) is 75.2 cm³/mol. The molecule has 0 heterocycles. The Hall–Kier alpha value is -1.89. The molecule has 2 amide bonds. The molecule has 20 heavy (non-hydrogen) atoms. The van der Waals surface area contributed by atoms with Gasteiger partial charge in [0.05, 0.1) is 4.90 Å². The Balaban J connectivity index is 2.76. The Morgan fingerprint density at radius 2 is 1.75 bits per heavy atom.